The largest absolute Gasteiger partial charge is 0.456 e. The minimum absolute atomic E-state index is 0.500. The second-order valence-electron chi connectivity index (χ2n) is 12.2. The summed E-state index contributed by atoms with van der Waals surface area (Å²) in [5, 5.41) is 12.7. The van der Waals surface area contributed by atoms with E-state index in [0.29, 0.717) is 6.54 Å². The van der Waals surface area contributed by atoms with Crippen molar-refractivity contribution in [3.63, 3.8) is 0 Å². The third-order valence-electron chi connectivity index (χ3n) is 9.36. The molecule has 48 heavy (non-hydrogen) atoms. The number of anilines is 1. The molecule has 0 spiro atoms. The third kappa shape index (κ3) is 4.19. The van der Waals surface area contributed by atoms with Crippen LogP contribution in [0.5, 0.6) is 0 Å². The number of nitrogens with zero attached hydrogens (tertiary/aromatic N) is 2. The molecule has 6 heteroatoms. The summed E-state index contributed by atoms with van der Waals surface area (Å²) < 4.78 is 12.9. The van der Waals surface area contributed by atoms with E-state index in [1.54, 1.807) is 0 Å². The van der Waals surface area contributed by atoms with Crippen molar-refractivity contribution in [1.29, 1.82) is 0 Å². The number of hydrogen-bond acceptors (Lipinski definition) is 6. The fourth-order valence-corrected chi connectivity index (χ4v) is 7.14. The highest BCUT2D eigenvalue weighted by molar-refractivity contribution is 6.22. The Kier molecular flexibility index (Phi) is 5.90. The highest BCUT2D eigenvalue weighted by atomic mass is 16.3. The Labute approximate surface area is 275 Å². The van der Waals surface area contributed by atoms with Gasteiger partial charge in [0.05, 0.1) is 11.1 Å². The Balaban J connectivity index is 1.15. The topological polar surface area (TPSA) is 75.1 Å². The summed E-state index contributed by atoms with van der Waals surface area (Å²) in [6, 6.07) is 45.7. The van der Waals surface area contributed by atoms with E-state index < -0.39 is 6.17 Å². The van der Waals surface area contributed by atoms with Crippen molar-refractivity contribution >= 4 is 66.6 Å². The van der Waals surface area contributed by atoms with Gasteiger partial charge >= 0.3 is 0 Å². The molecule has 4 heterocycles. The number of fused-ring (bicyclic) bond motifs is 7. The lowest BCUT2D eigenvalue weighted by atomic mass is 9.96. The molecule has 0 amide bonds. The molecule has 2 aromatic heterocycles. The number of amidine groups is 2. The van der Waals surface area contributed by atoms with Crippen LogP contribution < -0.4 is 10.6 Å². The summed E-state index contributed by atoms with van der Waals surface area (Å²) in [7, 11) is 0. The molecule has 6 nitrogen and oxygen atoms in total. The smallest absolute Gasteiger partial charge is 0.170 e. The van der Waals surface area contributed by atoms with Gasteiger partial charge in [0.25, 0.3) is 0 Å². The minimum Gasteiger partial charge on any atom is -0.456 e. The van der Waals surface area contributed by atoms with Crippen molar-refractivity contribution in [2.75, 3.05) is 11.9 Å². The average molecular weight is 621 g/mol. The molecule has 0 fully saturated rings. The molecule has 0 bridgehead atoms. The summed E-state index contributed by atoms with van der Waals surface area (Å²) in [5.74, 6) is 2.32. The second kappa shape index (κ2) is 10.6. The van der Waals surface area contributed by atoms with Crippen LogP contribution in [0.15, 0.2) is 158 Å². The molecule has 0 radical (unpaired) electrons. The van der Waals surface area contributed by atoms with Crippen molar-refractivity contribution < 1.29 is 8.83 Å². The summed E-state index contributed by atoms with van der Waals surface area (Å²) in [6.07, 6.45) is 1.71. The van der Waals surface area contributed by atoms with Gasteiger partial charge in [-0.3, -0.25) is 0 Å². The van der Waals surface area contributed by atoms with Crippen LogP contribution in [-0.2, 0) is 0 Å². The molecule has 6 aromatic carbocycles. The summed E-state index contributed by atoms with van der Waals surface area (Å²) in [5.41, 5.74) is 8.58. The van der Waals surface area contributed by atoms with Gasteiger partial charge in [-0.25, -0.2) is 9.98 Å². The van der Waals surface area contributed by atoms with Crippen LogP contribution in [0.4, 0.5) is 5.69 Å². The van der Waals surface area contributed by atoms with Crippen LogP contribution in [0, 0.1) is 0 Å². The van der Waals surface area contributed by atoms with Crippen molar-refractivity contribution in [1.82, 2.24) is 5.32 Å². The SMILES string of the molecule is C1=C(c2ccc3ccccc3c2)c2oc3cccc(C4=NC(c5cccc6oc7ccccc7c56)N=C(c5ccccc5)N4)c3c2NC1. The highest BCUT2D eigenvalue weighted by Gasteiger charge is 2.28. The van der Waals surface area contributed by atoms with Gasteiger partial charge in [0.1, 0.15) is 28.4 Å². The van der Waals surface area contributed by atoms with E-state index in [4.69, 9.17) is 18.8 Å². The second-order valence-corrected chi connectivity index (χ2v) is 12.2. The zero-order chi connectivity index (χ0) is 31.6. The van der Waals surface area contributed by atoms with Gasteiger partial charge in [0.2, 0.25) is 0 Å². The molecule has 10 rings (SSSR count). The molecule has 0 saturated carbocycles. The Morgan fingerprint density at radius 1 is 0.583 bits per heavy atom. The van der Waals surface area contributed by atoms with E-state index >= 15 is 0 Å². The predicted octanol–water partition coefficient (Wildman–Crippen LogP) is 9.84. The molecule has 1 unspecified atom stereocenters. The molecule has 2 N–H and O–H groups in total. The summed E-state index contributed by atoms with van der Waals surface area (Å²) >= 11 is 0. The first-order valence-electron chi connectivity index (χ1n) is 16.2. The third-order valence-corrected chi connectivity index (χ3v) is 9.36. The highest BCUT2D eigenvalue weighted by Crippen LogP contribution is 2.43. The predicted molar refractivity (Wildman–Crippen MR) is 195 cm³/mol. The Morgan fingerprint density at radius 2 is 1.33 bits per heavy atom. The van der Waals surface area contributed by atoms with Crippen LogP contribution >= 0.6 is 0 Å². The first kappa shape index (κ1) is 26.8. The van der Waals surface area contributed by atoms with Gasteiger partial charge in [-0.15, -0.1) is 0 Å². The first-order chi connectivity index (χ1) is 23.8. The molecule has 2 aliphatic rings. The number of hydrogen-bond donors (Lipinski definition) is 2. The molecule has 0 aliphatic carbocycles. The van der Waals surface area contributed by atoms with E-state index in [1.807, 2.05) is 60.7 Å². The van der Waals surface area contributed by atoms with Gasteiger partial charge in [-0.2, -0.15) is 0 Å². The maximum atomic E-state index is 6.66. The van der Waals surface area contributed by atoms with Crippen LogP contribution in [0.25, 0.3) is 49.3 Å². The van der Waals surface area contributed by atoms with Crippen LogP contribution in [0.2, 0.25) is 0 Å². The molecule has 228 valence electrons. The minimum atomic E-state index is -0.500. The number of nitrogens with one attached hydrogen (secondary N) is 2. The fraction of sp³-hybridized carbons (Fsp3) is 0.0476. The number of furan rings is 2. The zero-order valence-corrected chi connectivity index (χ0v) is 25.8. The van der Waals surface area contributed by atoms with E-state index in [9.17, 15) is 0 Å². The number of rotatable bonds is 4. The Morgan fingerprint density at radius 3 is 2.25 bits per heavy atom. The Hall–Kier alpha value is -6.40. The molecule has 1 atom stereocenters. The van der Waals surface area contributed by atoms with Crippen molar-refractivity contribution in [2.45, 2.75) is 6.17 Å². The number of para-hydroxylation sites is 1. The van der Waals surface area contributed by atoms with E-state index in [2.05, 4.69) is 89.5 Å². The van der Waals surface area contributed by atoms with Crippen molar-refractivity contribution in [3.05, 3.63) is 168 Å². The van der Waals surface area contributed by atoms with Gasteiger partial charge < -0.3 is 19.5 Å². The van der Waals surface area contributed by atoms with Gasteiger partial charge in [-0.05, 0) is 40.6 Å². The van der Waals surface area contributed by atoms with Gasteiger partial charge in [0, 0.05) is 39.6 Å². The zero-order valence-electron chi connectivity index (χ0n) is 25.8. The van der Waals surface area contributed by atoms with Crippen LogP contribution in [0.1, 0.15) is 34.2 Å². The maximum Gasteiger partial charge on any atom is 0.170 e. The lowest BCUT2D eigenvalue weighted by molar-refractivity contribution is 0.600. The fourth-order valence-electron chi connectivity index (χ4n) is 7.14. The number of aliphatic imine (C=N–C) groups is 2. The van der Waals surface area contributed by atoms with Crippen molar-refractivity contribution in [2.24, 2.45) is 9.98 Å². The quantitative estimate of drug-likeness (QED) is 0.205. The van der Waals surface area contributed by atoms with Crippen LogP contribution in [-0.4, -0.2) is 18.2 Å². The molecular weight excluding hydrogens is 592 g/mol. The lowest BCUT2D eigenvalue weighted by Crippen LogP contribution is -2.36. The van der Waals surface area contributed by atoms with Crippen molar-refractivity contribution in [3.8, 4) is 0 Å². The maximum absolute atomic E-state index is 6.66. The van der Waals surface area contributed by atoms with Gasteiger partial charge in [-0.1, -0.05) is 115 Å². The van der Waals surface area contributed by atoms with Gasteiger partial charge in [0.15, 0.2) is 11.9 Å². The van der Waals surface area contributed by atoms with Crippen LogP contribution in [0.3, 0.4) is 0 Å². The van der Waals surface area contributed by atoms with E-state index in [0.717, 1.165) is 83.9 Å². The average Bonchev–Trinajstić information content (AvgIpc) is 3.73. The normalized spacial score (nSPS) is 15.9. The Bertz CT molecular complexity index is 2660. The summed E-state index contributed by atoms with van der Waals surface area (Å²) in [6.45, 7) is 0.687. The molecule has 8 aromatic rings. The molecule has 2 aliphatic heterocycles. The monoisotopic (exact) mass is 620 g/mol. The standard InChI is InChI=1S/C42H28N4O2/c1-2-11-26(12-3-1)40-44-41(31-15-8-18-34-36(31)30-14-6-7-17-33(30)47-34)46-42(45-40)32-16-9-19-35-37(32)38-39(48-35)29(22-23-43-38)28-21-20-25-10-4-5-13-27(25)24-28/h1-22,24,41,43H,23H2,(H,44,45,46). The molecule has 0 saturated heterocycles. The van der Waals surface area contributed by atoms with E-state index in [-0.39, 0.29) is 0 Å². The lowest BCUT2D eigenvalue weighted by Gasteiger charge is -2.23. The first-order valence-corrected chi connectivity index (χ1v) is 16.2. The molecular formula is C42H28N4O2. The van der Waals surface area contributed by atoms with E-state index in [1.165, 1.54) is 10.8 Å². The number of benzene rings is 6. The summed E-state index contributed by atoms with van der Waals surface area (Å²) in [4.78, 5) is 10.5.